The number of carbonyl (C=O) groups excluding carboxylic acids is 3. The first-order valence-corrected chi connectivity index (χ1v) is 10.6. The van der Waals surface area contributed by atoms with Gasteiger partial charge in [-0.1, -0.05) is 12.1 Å². The average Bonchev–Trinajstić information content (AvgIpc) is 2.74. The van der Waals surface area contributed by atoms with Gasteiger partial charge in [0, 0.05) is 5.75 Å². The van der Waals surface area contributed by atoms with Crippen LogP contribution in [0, 0.1) is 0 Å². The second-order valence-corrected chi connectivity index (χ2v) is 7.88. The molecular weight excluding hydrogens is 456 g/mol. The van der Waals surface area contributed by atoms with Gasteiger partial charge in [-0.2, -0.15) is 12.6 Å². The van der Waals surface area contributed by atoms with Crippen LogP contribution >= 0.6 is 12.6 Å². The number of thiol groups is 1. The molecule has 6 atom stereocenters. The number of aliphatic hydroxyl groups excluding tert-OH is 2. The van der Waals surface area contributed by atoms with E-state index in [-0.39, 0.29) is 17.9 Å². The van der Waals surface area contributed by atoms with Gasteiger partial charge in [-0.25, -0.2) is 4.79 Å². The largest absolute Gasteiger partial charge is 0.508 e. The van der Waals surface area contributed by atoms with E-state index in [0.29, 0.717) is 5.56 Å². The van der Waals surface area contributed by atoms with Gasteiger partial charge in [0.25, 0.3) is 0 Å². The Morgan fingerprint density at radius 3 is 1.88 bits per heavy atom. The number of carboxylic acids is 1. The van der Waals surface area contributed by atoms with Crippen molar-refractivity contribution in [3.8, 4) is 5.75 Å². The minimum atomic E-state index is -1.66. The molecule has 33 heavy (non-hydrogen) atoms. The number of aliphatic carboxylic acids is 1. The highest BCUT2D eigenvalue weighted by molar-refractivity contribution is 7.80. The summed E-state index contributed by atoms with van der Waals surface area (Å²) >= 11 is 4.03. The van der Waals surface area contributed by atoms with Crippen LogP contribution < -0.4 is 21.7 Å². The number of carboxylic acid groups (broad SMARTS) is 1. The number of hydrogen-bond acceptors (Lipinski definition) is 9. The van der Waals surface area contributed by atoms with Crippen LogP contribution in [0.15, 0.2) is 24.3 Å². The van der Waals surface area contributed by atoms with Crippen LogP contribution in [-0.2, 0) is 25.6 Å². The molecule has 13 heteroatoms. The summed E-state index contributed by atoms with van der Waals surface area (Å²) in [6.45, 7) is 2.35. The lowest BCUT2D eigenvalue weighted by molar-refractivity contribution is -0.146. The molecule has 12 nitrogen and oxygen atoms in total. The van der Waals surface area contributed by atoms with Crippen LogP contribution in [0.2, 0.25) is 0 Å². The fraction of sp³-hybridized carbons (Fsp3) is 0.500. The Kier molecular flexibility index (Phi) is 11.1. The molecular formula is C20H30N4O8S. The topological polar surface area (TPSA) is 211 Å². The molecule has 0 spiro atoms. The highest BCUT2D eigenvalue weighted by Crippen LogP contribution is 2.11. The fourth-order valence-corrected chi connectivity index (χ4v) is 3.00. The molecule has 6 unspecified atom stereocenters. The summed E-state index contributed by atoms with van der Waals surface area (Å²) in [7, 11) is 0. The van der Waals surface area contributed by atoms with Crippen molar-refractivity contribution in [2.45, 2.75) is 56.6 Å². The molecule has 1 aromatic rings. The van der Waals surface area contributed by atoms with Crippen molar-refractivity contribution >= 4 is 36.3 Å². The van der Waals surface area contributed by atoms with E-state index in [2.05, 4.69) is 23.3 Å². The Bertz CT molecular complexity index is 834. The maximum Gasteiger partial charge on any atom is 0.328 e. The van der Waals surface area contributed by atoms with Gasteiger partial charge in [0.15, 0.2) is 6.04 Å². The zero-order valence-electron chi connectivity index (χ0n) is 18.1. The highest BCUT2D eigenvalue weighted by atomic mass is 32.1. The number of carbonyl (C=O) groups is 4. The third kappa shape index (κ3) is 8.88. The highest BCUT2D eigenvalue weighted by Gasteiger charge is 2.33. The molecule has 3 amide bonds. The maximum absolute atomic E-state index is 12.6. The number of phenolic OH excluding ortho intramolecular Hbond substituents is 1. The lowest BCUT2D eigenvalue weighted by atomic mass is 10.1. The fourth-order valence-electron chi connectivity index (χ4n) is 2.74. The second kappa shape index (κ2) is 13.0. The number of nitrogens with two attached hydrogens (primary N) is 1. The van der Waals surface area contributed by atoms with Crippen molar-refractivity contribution in [2.75, 3.05) is 5.75 Å². The number of benzene rings is 1. The third-order valence-corrected chi connectivity index (χ3v) is 5.02. The van der Waals surface area contributed by atoms with E-state index in [0.717, 1.165) is 6.92 Å². The monoisotopic (exact) mass is 486 g/mol. The first-order chi connectivity index (χ1) is 15.4. The number of amides is 3. The summed E-state index contributed by atoms with van der Waals surface area (Å²) in [6, 6.07) is 0.603. The van der Waals surface area contributed by atoms with Crippen LogP contribution in [0.3, 0.4) is 0 Å². The van der Waals surface area contributed by atoms with Crippen molar-refractivity contribution in [3.63, 3.8) is 0 Å². The van der Waals surface area contributed by atoms with Gasteiger partial charge in [0.05, 0.1) is 18.2 Å². The Morgan fingerprint density at radius 1 is 0.909 bits per heavy atom. The third-order valence-electron chi connectivity index (χ3n) is 4.65. The number of nitrogens with one attached hydrogen (secondary N) is 3. The maximum atomic E-state index is 12.6. The summed E-state index contributed by atoms with van der Waals surface area (Å²) in [5, 5.41) is 44.5. The number of aromatic hydroxyl groups is 1. The van der Waals surface area contributed by atoms with Crippen molar-refractivity contribution in [1.82, 2.24) is 16.0 Å². The molecule has 0 aliphatic carbocycles. The van der Waals surface area contributed by atoms with Gasteiger partial charge < -0.3 is 42.1 Å². The molecule has 0 bridgehead atoms. The van der Waals surface area contributed by atoms with Gasteiger partial charge in [0.2, 0.25) is 17.7 Å². The van der Waals surface area contributed by atoms with Crippen LogP contribution in [0.25, 0.3) is 0 Å². The van der Waals surface area contributed by atoms with Gasteiger partial charge in [-0.05, 0) is 38.0 Å². The Labute approximate surface area is 196 Å². The van der Waals surface area contributed by atoms with E-state index in [1.54, 1.807) is 12.1 Å². The quantitative estimate of drug-likeness (QED) is 0.143. The first kappa shape index (κ1) is 28.2. The van der Waals surface area contributed by atoms with Gasteiger partial charge in [0.1, 0.15) is 17.8 Å². The van der Waals surface area contributed by atoms with Crippen LogP contribution in [-0.4, -0.2) is 86.2 Å². The summed E-state index contributed by atoms with van der Waals surface area (Å²) in [6.07, 6.45) is -2.73. The second-order valence-electron chi connectivity index (χ2n) is 7.51. The van der Waals surface area contributed by atoms with Gasteiger partial charge in [-0.15, -0.1) is 0 Å². The predicted octanol–water partition coefficient (Wildman–Crippen LogP) is -2.51. The van der Waals surface area contributed by atoms with Gasteiger partial charge >= 0.3 is 5.97 Å². The van der Waals surface area contributed by atoms with E-state index in [1.807, 2.05) is 5.32 Å². The van der Waals surface area contributed by atoms with Crippen LogP contribution in [0.1, 0.15) is 19.4 Å². The molecule has 0 radical (unpaired) electrons. The van der Waals surface area contributed by atoms with Crippen molar-refractivity contribution in [3.05, 3.63) is 29.8 Å². The number of hydrogen-bond donors (Lipinski definition) is 9. The Balaban J connectivity index is 2.80. The zero-order valence-corrected chi connectivity index (χ0v) is 19.0. The predicted molar refractivity (Wildman–Crippen MR) is 120 cm³/mol. The number of aliphatic hydroxyl groups is 2. The average molecular weight is 487 g/mol. The van der Waals surface area contributed by atoms with E-state index in [4.69, 9.17) is 10.8 Å². The number of rotatable bonds is 12. The lowest BCUT2D eigenvalue weighted by Crippen LogP contribution is -2.61. The first-order valence-electron chi connectivity index (χ1n) is 10.0. The van der Waals surface area contributed by atoms with Crippen molar-refractivity contribution < 1.29 is 39.6 Å². The molecule has 0 aromatic heterocycles. The van der Waals surface area contributed by atoms with Gasteiger partial charge in [-0.3, -0.25) is 14.4 Å². The zero-order chi connectivity index (χ0) is 25.3. The molecule has 0 aliphatic rings. The van der Waals surface area contributed by atoms with E-state index in [1.165, 1.54) is 19.1 Å². The Morgan fingerprint density at radius 2 is 1.42 bits per heavy atom. The minimum Gasteiger partial charge on any atom is -0.508 e. The molecule has 0 heterocycles. The van der Waals surface area contributed by atoms with E-state index < -0.39 is 60.1 Å². The lowest BCUT2D eigenvalue weighted by Gasteiger charge is -2.26. The van der Waals surface area contributed by atoms with Crippen LogP contribution in [0.5, 0.6) is 5.75 Å². The van der Waals surface area contributed by atoms with E-state index in [9.17, 15) is 34.5 Å². The smallest absolute Gasteiger partial charge is 0.328 e. The van der Waals surface area contributed by atoms with Crippen LogP contribution in [0.4, 0.5) is 0 Å². The Hall–Kier alpha value is -2.87. The molecule has 0 saturated heterocycles. The summed E-state index contributed by atoms with van der Waals surface area (Å²) < 4.78 is 0. The van der Waals surface area contributed by atoms with Crippen molar-refractivity contribution in [1.29, 1.82) is 0 Å². The standard InChI is InChI=1S/C20H30N4O8S/c1-9(25)15(19(30)24-16(10(2)26)20(31)32)23-18(29)14(8-33)22-17(28)13(21)7-11-3-5-12(27)6-4-11/h3-6,9-10,13-16,25-27,33H,7-8,21H2,1-2H3,(H,22,28)(H,23,29)(H,24,30)(H,31,32). The molecule has 1 aromatic carbocycles. The summed E-state index contributed by atoms with van der Waals surface area (Å²) in [4.78, 5) is 48.6. The van der Waals surface area contributed by atoms with Crippen molar-refractivity contribution in [2.24, 2.45) is 5.73 Å². The minimum absolute atomic E-state index is 0.0587. The SMILES string of the molecule is CC(O)C(NC(=O)C(NC(=O)C(CS)NC(=O)C(N)Cc1ccc(O)cc1)C(C)O)C(=O)O. The molecule has 184 valence electrons. The molecule has 0 saturated carbocycles. The molecule has 0 fully saturated rings. The molecule has 0 aliphatic heterocycles. The summed E-state index contributed by atoms with van der Waals surface area (Å²) in [5.74, 6) is -4.18. The number of phenols is 1. The van der Waals surface area contributed by atoms with E-state index >= 15 is 0 Å². The molecule has 9 N–H and O–H groups in total. The molecule has 1 rings (SSSR count). The normalized spacial score (nSPS) is 16.4. The summed E-state index contributed by atoms with van der Waals surface area (Å²) in [5.41, 5.74) is 6.56.